The first kappa shape index (κ1) is 17.7. The Balaban J connectivity index is 1.95. The standard InChI is InChI=1S/C16H17FN2O4S2/c1-24(20,21)19-10-2-3-12-4-7-14(11-16(12)19)18-25(22,23)15-8-5-13(17)6-9-15/h4-9,11,18H,2-3,10H2,1H3. The molecule has 0 spiro atoms. The van der Waals surface area contributed by atoms with Crippen LogP contribution in [0.1, 0.15) is 12.0 Å². The first-order chi connectivity index (χ1) is 11.7. The normalized spacial score (nSPS) is 14.9. The highest BCUT2D eigenvalue weighted by atomic mass is 32.2. The van der Waals surface area contributed by atoms with Crippen LogP contribution in [0.2, 0.25) is 0 Å². The maximum atomic E-state index is 13.0. The third-order valence-corrected chi connectivity index (χ3v) is 6.51. The van der Waals surface area contributed by atoms with Crippen molar-refractivity contribution < 1.29 is 21.2 Å². The van der Waals surface area contributed by atoms with Gasteiger partial charge in [0, 0.05) is 6.54 Å². The SMILES string of the molecule is CS(=O)(=O)N1CCCc2ccc(NS(=O)(=O)c3ccc(F)cc3)cc21. The van der Waals surface area contributed by atoms with Crippen molar-refractivity contribution in [2.75, 3.05) is 21.8 Å². The van der Waals surface area contributed by atoms with E-state index in [0.717, 1.165) is 30.4 Å². The topological polar surface area (TPSA) is 83.6 Å². The van der Waals surface area contributed by atoms with Crippen LogP contribution < -0.4 is 9.03 Å². The van der Waals surface area contributed by atoms with Gasteiger partial charge in [0.15, 0.2) is 0 Å². The summed E-state index contributed by atoms with van der Waals surface area (Å²) in [5.41, 5.74) is 1.58. The van der Waals surface area contributed by atoms with Gasteiger partial charge in [-0.3, -0.25) is 9.03 Å². The predicted octanol–water partition coefficient (Wildman–Crippen LogP) is 2.34. The van der Waals surface area contributed by atoms with Gasteiger partial charge in [0.1, 0.15) is 5.82 Å². The second kappa shape index (κ2) is 6.30. The number of hydrogen-bond donors (Lipinski definition) is 1. The number of fused-ring (bicyclic) bond motifs is 1. The summed E-state index contributed by atoms with van der Waals surface area (Å²) in [5.74, 6) is -0.531. The fraction of sp³-hybridized carbons (Fsp3) is 0.250. The lowest BCUT2D eigenvalue weighted by Gasteiger charge is -2.29. The van der Waals surface area contributed by atoms with Crippen molar-refractivity contribution in [3.8, 4) is 0 Å². The van der Waals surface area contributed by atoms with E-state index in [2.05, 4.69) is 4.72 Å². The fourth-order valence-corrected chi connectivity index (χ4v) is 4.81. The summed E-state index contributed by atoms with van der Waals surface area (Å²) >= 11 is 0. The molecule has 25 heavy (non-hydrogen) atoms. The van der Waals surface area contributed by atoms with Crippen molar-refractivity contribution in [2.24, 2.45) is 0 Å². The minimum absolute atomic E-state index is 0.0772. The van der Waals surface area contributed by atoms with Gasteiger partial charge in [-0.25, -0.2) is 21.2 Å². The average molecular weight is 384 g/mol. The van der Waals surface area contributed by atoms with Crippen molar-refractivity contribution in [1.82, 2.24) is 0 Å². The van der Waals surface area contributed by atoms with Crippen LogP contribution in [-0.2, 0) is 26.5 Å². The van der Waals surface area contributed by atoms with Gasteiger partial charge in [-0.15, -0.1) is 0 Å². The Morgan fingerprint density at radius 2 is 1.72 bits per heavy atom. The molecule has 1 aliphatic heterocycles. The second-order valence-corrected chi connectivity index (χ2v) is 9.43. The van der Waals surface area contributed by atoms with E-state index in [1.807, 2.05) is 0 Å². The molecule has 0 fully saturated rings. The summed E-state index contributed by atoms with van der Waals surface area (Å²) in [4.78, 5) is -0.0772. The van der Waals surface area contributed by atoms with E-state index in [0.29, 0.717) is 18.7 Å². The third-order valence-electron chi connectivity index (χ3n) is 3.94. The van der Waals surface area contributed by atoms with Crippen molar-refractivity contribution >= 4 is 31.4 Å². The molecule has 0 saturated carbocycles. The van der Waals surface area contributed by atoms with Crippen LogP contribution in [0, 0.1) is 5.82 Å². The Bertz CT molecular complexity index is 1000. The van der Waals surface area contributed by atoms with E-state index in [1.165, 1.54) is 22.5 Å². The van der Waals surface area contributed by atoms with E-state index in [1.54, 1.807) is 12.1 Å². The van der Waals surface area contributed by atoms with Gasteiger partial charge in [0.2, 0.25) is 10.0 Å². The number of nitrogens with zero attached hydrogens (tertiary/aromatic N) is 1. The largest absolute Gasteiger partial charge is 0.280 e. The monoisotopic (exact) mass is 384 g/mol. The van der Waals surface area contributed by atoms with Gasteiger partial charge in [-0.2, -0.15) is 0 Å². The summed E-state index contributed by atoms with van der Waals surface area (Å²) in [7, 11) is -7.34. The average Bonchev–Trinajstić information content (AvgIpc) is 2.53. The summed E-state index contributed by atoms with van der Waals surface area (Å²) in [6, 6.07) is 9.27. The van der Waals surface area contributed by atoms with Gasteiger partial charge in [0.05, 0.1) is 22.5 Å². The van der Waals surface area contributed by atoms with E-state index in [-0.39, 0.29) is 10.6 Å². The van der Waals surface area contributed by atoms with Crippen LogP contribution in [0.5, 0.6) is 0 Å². The molecule has 0 radical (unpaired) electrons. The number of hydrogen-bond acceptors (Lipinski definition) is 4. The lowest BCUT2D eigenvalue weighted by molar-refractivity contribution is 0.592. The van der Waals surface area contributed by atoms with Crippen LogP contribution >= 0.6 is 0 Å². The summed E-state index contributed by atoms with van der Waals surface area (Å²) < 4.78 is 65.3. The molecule has 6 nitrogen and oxygen atoms in total. The van der Waals surface area contributed by atoms with Gasteiger partial charge < -0.3 is 0 Å². The maximum absolute atomic E-state index is 13.0. The van der Waals surface area contributed by atoms with Crippen LogP contribution in [0.4, 0.5) is 15.8 Å². The van der Waals surface area contributed by atoms with Crippen molar-refractivity contribution in [1.29, 1.82) is 0 Å². The molecule has 1 N–H and O–H groups in total. The molecule has 0 atom stereocenters. The Hall–Kier alpha value is -2.13. The molecule has 0 aliphatic carbocycles. The lowest BCUT2D eigenvalue weighted by Crippen LogP contribution is -2.34. The molecule has 9 heteroatoms. The Morgan fingerprint density at radius 1 is 1.04 bits per heavy atom. The number of sulfonamides is 2. The molecule has 134 valence electrons. The highest BCUT2D eigenvalue weighted by molar-refractivity contribution is 7.92. The van der Waals surface area contributed by atoms with Crippen molar-refractivity contribution in [3.05, 3.63) is 53.8 Å². The smallest absolute Gasteiger partial charge is 0.261 e. The number of rotatable bonds is 4. The molecule has 0 bridgehead atoms. The predicted molar refractivity (Wildman–Crippen MR) is 94.2 cm³/mol. The maximum Gasteiger partial charge on any atom is 0.261 e. The number of nitrogens with one attached hydrogen (secondary N) is 1. The highest BCUT2D eigenvalue weighted by Crippen LogP contribution is 2.32. The molecule has 3 rings (SSSR count). The Labute approximate surface area is 146 Å². The van der Waals surface area contributed by atoms with Gasteiger partial charge in [-0.05, 0) is 54.8 Å². The molecule has 2 aromatic carbocycles. The van der Waals surface area contributed by atoms with E-state index < -0.39 is 25.9 Å². The summed E-state index contributed by atoms with van der Waals surface area (Å²) in [6.07, 6.45) is 2.56. The number of benzene rings is 2. The highest BCUT2D eigenvalue weighted by Gasteiger charge is 2.25. The molecule has 1 heterocycles. The number of aryl methyl sites for hydroxylation is 1. The Kier molecular flexibility index (Phi) is 4.46. The summed E-state index contributed by atoms with van der Waals surface area (Å²) in [6.45, 7) is 0.361. The zero-order chi connectivity index (χ0) is 18.2. The molecule has 0 aromatic heterocycles. The zero-order valence-electron chi connectivity index (χ0n) is 13.4. The van der Waals surface area contributed by atoms with Crippen LogP contribution in [0.3, 0.4) is 0 Å². The van der Waals surface area contributed by atoms with E-state index >= 15 is 0 Å². The van der Waals surface area contributed by atoms with Gasteiger partial charge in [0.25, 0.3) is 10.0 Å². The van der Waals surface area contributed by atoms with Crippen LogP contribution in [0.25, 0.3) is 0 Å². The molecule has 1 aliphatic rings. The molecule has 0 amide bonds. The fourth-order valence-electron chi connectivity index (χ4n) is 2.78. The molecule has 0 unspecified atom stereocenters. The Morgan fingerprint density at radius 3 is 2.36 bits per heavy atom. The van der Waals surface area contributed by atoms with Gasteiger partial charge in [-0.1, -0.05) is 6.07 Å². The van der Waals surface area contributed by atoms with Crippen molar-refractivity contribution in [3.63, 3.8) is 0 Å². The molecule has 2 aromatic rings. The summed E-state index contributed by atoms with van der Waals surface area (Å²) in [5, 5.41) is 0. The molecular weight excluding hydrogens is 367 g/mol. The first-order valence-corrected chi connectivity index (χ1v) is 10.9. The van der Waals surface area contributed by atoms with E-state index in [9.17, 15) is 21.2 Å². The minimum atomic E-state index is -3.89. The lowest BCUT2D eigenvalue weighted by atomic mass is 10.0. The van der Waals surface area contributed by atoms with Gasteiger partial charge >= 0.3 is 0 Å². The third kappa shape index (κ3) is 3.77. The second-order valence-electron chi connectivity index (χ2n) is 5.84. The molecule has 0 saturated heterocycles. The van der Waals surface area contributed by atoms with Crippen LogP contribution in [0.15, 0.2) is 47.4 Å². The van der Waals surface area contributed by atoms with Crippen LogP contribution in [-0.4, -0.2) is 29.6 Å². The number of anilines is 2. The van der Waals surface area contributed by atoms with Crippen molar-refractivity contribution in [2.45, 2.75) is 17.7 Å². The first-order valence-electron chi connectivity index (χ1n) is 7.56. The zero-order valence-corrected chi connectivity index (χ0v) is 15.1. The molecular formula is C16H17FN2O4S2. The minimum Gasteiger partial charge on any atom is -0.280 e. The number of halogens is 1. The quantitative estimate of drug-likeness (QED) is 0.877. The van der Waals surface area contributed by atoms with E-state index in [4.69, 9.17) is 0 Å².